The maximum absolute atomic E-state index is 11.7. The van der Waals surface area contributed by atoms with Crippen molar-refractivity contribution in [2.24, 2.45) is 7.05 Å². The highest BCUT2D eigenvalue weighted by Crippen LogP contribution is 2.01. The quantitative estimate of drug-likeness (QED) is 0.780. The van der Waals surface area contributed by atoms with Gasteiger partial charge in [-0.05, 0) is 17.5 Å². The van der Waals surface area contributed by atoms with E-state index in [9.17, 15) is 9.59 Å². The molecule has 22 heavy (non-hydrogen) atoms. The fraction of sp³-hybridized carbons (Fsp3) is 0.312. The molecule has 1 aromatic carbocycles. The Hall–Kier alpha value is -2.63. The molecule has 0 radical (unpaired) electrons. The van der Waals surface area contributed by atoms with Crippen molar-refractivity contribution in [3.63, 3.8) is 0 Å². The first-order valence-electron chi connectivity index (χ1n) is 7.07. The van der Waals surface area contributed by atoms with Crippen molar-refractivity contribution in [2.75, 3.05) is 6.54 Å². The molecule has 0 saturated carbocycles. The van der Waals surface area contributed by atoms with Crippen LogP contribution in [0.25, 0.3) is 0 Å². The molecule has 1 aromatic heterocycles. The smallest absolute Gasteiger partial charge is 0.325 e. The van der Waals surface area contributed by atoms with Gasteiger partial charge in [-0.2, -0.15) is 5.10 Å². The average Bonchev–Trinajstić information content (AvgIpc) is 2.95. The summed E-state index contributed by atoms with van der Waals surface area (Å²) in [6, 6.07) is 9.40. The summed E-state index contributed by atoms with van der Waals surface area (Å²) in [5.74, 6) is -0.626. The van der Waals surface area contributed by atoms with Crippen LogP contribution in [0.5, 0.6) is 0 Å². The number of nitrogens with zero attached hydrogens (tertiary/aromatic N) is 2. The Labute approximate surface area is 129 Å². The largest absolute Gasteiger partial charge is 0.460 e. The summed E-state index contributed by atoms with van der Waals surface area (Å²) in [4.78, 5) is 23.2. The van der Waals surface area contributed by atoms with Crippen LogP contribution in [-0.2, 0) is 34.4 Å². The standard InChI is InChI=1S/C16H19N3O3/c1-19-11-14(9-18-19)7-8-15(20)17-10-16(21)22-12-13-5-3-2-4-6-13/h2-6,9,11H,7-8,10,12H2,1H3,(H,17,20). The van der Waals surface area contributed by atoms with Crippen molar-refractivity contribution < 1.29 is 14.3 Å². The Bertz CT molecular complexity index is 623. The van der Waals surface area contributed by atoms with Gasteiger partial charge in [0.15, 0.2) is 0 Å². The first kappa shape index (κ1) is 15.8. The second kappa shape index (κ2) is 7.97. The molecule has 0 bridgehead atoms. The number of amides is 1. The maximum atomic E-state index is 11.7. The van der Waals surface area contributed by atoms with Gasteiger partial charge in [-0.15, -0.1) is 0 Å². The van der Waals surface area contributed by atoms with Gasteiger partial charge < -0.3 is 10.1 Å². The molecule has 0 unspecified atom stereocenters. The van der Waals surface area contributed by atoms with E-state index in [2.05, 4.69) is 10.4 Å². The van der Waals surface area contributed by atoms with Crippen LogP contribution in [0.15, 0.2) is 42.7 Å². The Morgan fingerprint density at radius 2 is 2.00 bits per heavy atom. The summed E-state index contributed by atoms with van der Waals surface area (Å²) >= 11 is 0. The molecule has 0 atom stereocenters. The fourth-order valence-electron chi connectivity index (χ4n) is 1.91. The van der Waals surface area contributed by atoms with Gasteiger partial charge in [-0.1, -0.05) is 30.3 Å². The number of aromatic nitrogens is 2. The van der Waals surface area contributed by atoms with Crippen molar-refractivity contribution >= 4 is 11.9 Å². The number of aryl methyl sites for hydroxylation is 2. The lowest BCUT2D eigenvalue weighted by Gasteiger charge is -2.06. The van der Waals surface area contributed by atoms with E-state index in [1.54, 1.807) is 10.9 Å². The van der Waals surface area contributed by atoms with Gasteiger partial charge >= 0.3 is 5.97 Å². The van der Waals surface area contributed by atoms with Crippen LogP contribution in [0, 0.1) is 0 Å². The molecule has 0 aliphatic heterocycles. The van der Waals surface area contributed by atoms with Crippen LogP contribution in [0.2, 0.25) is 0 Å². The lowest BCUT2D eigenvalue weighted by atomic mass is 10.2. The molecule has 2 aromatic rings. The maximum Gasteiger partial charge on any atom is 0.325 e. The monoisotopic (exact) mass is 301 g/mol. The molecule has 1 N–H and O–H groups in total. The summed E-state index contributed by atoms with van der Waals surface area (Å²) in [5.41, 5.74) is 1.91. The number of carbonyl (C=O) groups excluding carboxylic acids is 2. The van der Waals surface area contributed by atoms with Crippen LogP contribution in [0.1, 0.15) is 17.5 Å². The Kier molecular flexibility index (Phi) is 5.71. The zero-order chi connectivity index (χ0) is 15.8. The number of nitrogens with one attached hydrogen (secondary N) is 1. The molecule has 0 spiro atoms. The van der Waals surface area contributed by atoms with Gasteiger partial charge in [0.25, 0.3) is 0 Å². The van der Waals surface area contributed by atoms with E-state index in [0.29, 0.717) is 12.8 Å². The van der Waals surface area contributed by atoms with Crippen LogP contribution in [0.3, 0.4) is 0 Å². The molecular weight excluding hydrogens is 282 g/mol. The second-order valence-electron chi connectivity index (χ2n) is 4.95. The van der Waals surface area contributed by atoms with E-state index in [4.69, 9.17) is 4.74 Å². The lowest BCUT2D eigenvalue weighted by Crippen LogP contribution is -2.30. The average molecular weight is 301 g/mol. The van der Waals surface area contributed by atoms with E-state index in [0.717, 1.165) is 11.1 Å². The van der Waals surface area contributed by atoms with Gasteiger partial charge in [0.1, 0.15) is 13.2 Å². The molecule has 6 heteroatoms. The third kappa shape index (κ3) is 5.40. The van der Waals surface area contributed by atoms with Gasteiger partial charge in [0, 0.05) is 19.7 Å². The number of hydrogen-bond acceptors (Lipinski definition) is 4. The van der Waals surface area contributed by atoms with Crippen molar-refractivity contribution in [3.8, 4) is 0 Å². The highest BCUT2D eigenvalue weighted by atomic mass is 16.5. The SMILES string of the molecule is Cn1cc(CCC(=O)NCC(=O)OCc2ccccc2)cn1. The molecule has 0 aliphatic rings. The van der Waals surface area contributed by atoms with Crippen LogP contribution in [-0.4, -0.2) is 28.2 Å². The number of esters is 1. The van der Waals surface area contributed by atoms with Gasteiger partial charge in [-0.3, -0.25) is 14.3 Å². The minimum atomic E-state index is -0.446. The summed E-state index contributed by atoms with van der Waals surface area (Å²) < 4.78 is 6.77. The summed E-state index contributed by atoms with van der Waals surface area (Å²) in [7, 11) is 1.83. The van der Waals surface area contributed by atoms with Crippen LogP contribution in [0.4, 0.5) is 0 Å². The fourth-order valence-corrected chi connectivity index (χ4v) is 1.91. The Morgan fingerprint density at radius 1 is 1.23 bits per heavy atom. The Balaban J connectivity index is 1.62. The van der Waals surface area contributed by atoms with Gasteiger partial charge in [0.05, 0.1) is 6.20 Å². The zero-order valence-electron chi connectivity index (χ0n) is 12.5. The van der Waals surface area contributed by atoms with E-state index >= 15 is 0 Å². The Morgan fingerprint density at radius 3 is 2.68 bits per heavy atom. The highest BCUT2D eigenvalue weighted by Gasteiger charge is 2.07. The second-order valence-corrected chi connectivity index (χ2v) is 4.95. The van der Waals surface area contributed by atoms with E-state index in [1.807, 2.05) is 43.6 Å². The van der Waals surface area contributed by atoms with Gasteiger partial charge in [0.2, 0.25) is 5.91 Å². The normalized spacial score (nSPS) is 10.2. The van der Waals surface area contributed by atoms with E-state index in [-0.39, 0.29) is 19.1 Å². The van der Waals surface area contributed by atoms with Crippen molar-refractivity contribution in [1.29, 1.82) is 0 Å². The minimum absolute atomic E-state index is 0.112. The topological polar surface area (TPSA) is 73.2 Å². The number of hydrogen-bond donors (Lipinski definition) is 1. The summed E-state index contributed by atoms with van der Waals surface area (Å²) in [5, 5.41) is 6.59. The van der Waals surface area contributed by atoms with E-state index in [1.165, 1.54) is 0 Å². The van der Waals surface area contributed by atoms with Crippen molar-refractivity contribution in [3.05, 3.63) is 53.9 Å². The molecule has 1 heterocycles. The number of carbonyl (C=O) groups is 2. The number of benzene rings is 1. The first-order valence-corrected chi connectivity index (χ1v) is 7.07. The molecule has 1 amide bonds. The molecule has 0 aliphatic carbocycles. The lowest BCUT2D eigenvalue weighted by molar-refractivity contribution is -0.145. The van der Waals surface area contributed by atoms with Crippen molar-refractivity contribution in [1.82, 2.24) is 15.1 Å². The molecule has 0 fully saturated rings. The number of ether oxygens (including phenoxy) is 1. The predicted molar refractivity (Wildman–Crippen MR) is 80.8 cm³/mol. The van der Waals surface area contributed by atoms with E-state index < -0.39 is 5.97 Å². The summed E-state index contributed by atoms with van der Waals surface area (Å²) in [6.07, 6.45) is 4.50. The van der Waals surface area contributed by atoms with Crippen LogP contribution < -0.4 is 5.32 Å². The van der Waals surface area contributed by atoms with Crippen molar-refractivity contribution in [2.45, 2.75) is 19.4 Å². The third-order valence-electron chi connectivity index (χ3n) is 3.07. The predicted octanol–water partition coefficient (Wildman–Crippen LogP) is 1.21. The highest BCUT2D eigenvalue weighted by molar-refractivity contribution is 5.81. The molecule has 0 saturated heterocycles. The summed E-state index contributed by atoms with van der Waals surface area (Å²) in [6.45, 7) is 0.101. The van der Waals surface area contributed by atoms with Gasteiger partial charge in [-0.25, -0.2) is 0 Å². The first-order chi connectivity index (χ1) is 10.6. The van der Waals surface area contributed by atoms with Crippen LogP contribution >= 0.6 is 0 Å². The number of rotatable bonds is 7. The minimum Gasteiger partial charge on any atom is -0.460 e. The molecular formula is C16H19N3O3. The third-order valence-corrected chi connectivity index (χ3v) is 3.07. The molecule has 116 valence electrons. The molecule has 6 nitrogen and oxygen atoms in total. The zero-order valence-corrected chi connectivity index (χ0v) is 12.5. The molecule has 2 rings (SSSR count).